The van der Waals surface area contributed by atoms with Crippen LogP contribution in [0, 0.1) is 11.8 Å². The van der Waals surface area contributed by atoms with Crippen LogP contribution in [0.1, 0.15) is 59.8 Å². The van der Waals surface area contributed by atoms with Crippen LogP contribution in [-0.4, -0.2) is 71.5 Å². The Balaban J connectivity index is 5.48. The lowest BCUT2D eigenvalue weighted by molar-refractivity contribution is -0.143. The molecule has 0 radical (unpaired) electrons. The molecule has 0 aromatic heterocycles. The molecule has 0 saturated heterocycles. The van der Waals surface area contributed by atoms with Crippen LogP contribution in [-0.2, 0) is 19.2 Å². The molecular formula is C22H43N5O5S. The second-order valence-corrected chi connectivity index (χ2v) is 9.65. The molecule has 0 bridgehead atoms. The fourth-order valence-electron chi connectivity index (χ4n) is 3.09. The fraction of sp³-hybridized carbons (Fsp3) is 0.818. The van der Waals surface area contributed by atoms with E-state index >= 15 is 0 Å². The lowest BCUT2D eigenvalue weighted by atomic mass is 9.98. The number of carboxylic acids is 1. The van der Waals surface area contributed by atoms with Crippen molar-refractivity contribution in [1.29, 1.82) is 0 Å². The quantitative estimate of drug-likeness (QED) is 0.159. The normalized spacial score (nSPS) is 15.8. The van der Waals surface area contributed by atoms with Gasteiger partial charge in [0, 0.05) is 0 Å². The highest BCUT2D eigenvalue weighted by atomic mass is 32.2. The Hall–Kier alpha value is -1.85. The number of carbonyl (C=O) groups is 4. The summed E-state index contributed by atoms with van der Waals surface area (Å²) in [5.74, 6) is -2.43. The van der Waals surface area contributed by atoms with Crippen LogP contribution in [0.5, 0.6) is 0 Å². The van der Waals surface area contributed by atoms with E-state index in [2.05, 4.69) is 16.0 Å². The van der Waals surface area contributed by atoms with Crippen molar-refractivity contribution in [3.63, 3.8) is 0 Å². The van der Waals surface area contributed by atoms with E-state index in [4.69, 9.17) is 11.5 Å². The molecule has 11 heteroatoms. The van der Waals surface area contributed by atoms with Crippen LogP contribution in [0.15, 0.2) is 0 Å². The van der Waals surface area contributed by atoms with E-state index in [-0.39, 0.29) is 11.8 Å². The Labute approximate surface area is 201 Å². The molecule has 33 heavy (non-hydrogen) atoms. The zero-order valence-corrected chi connectivity index (χ0v) is 21.4. The van der Waals surface area contributed by atoms with Gasteiger partial charge < -0.3 is 32.5 Å². The summed E-state index contributed by atoms with van der Waals surface area (Å²) in [6.07, 6.45) is 4.56. The second kappa shape index (κ2) is 16.7. The number of amides is 3. The summed E-state index contributed by atoms with van der Waals surface area (Å²) >= 11 is 1.50. The summed E-state index contributed by atoms with van der Waals surface area (Å²) in [5.41, 5.74) is 11.6. The number of aliphatic carboxylic acids is 1. The topological polar surface area (TPSA) is 177 Å². The summed E-state index contributed by atoms with van der Waals surface area (Å²) in [6, 6.07) is -3.62. The molecule has 0 heterocycles. The van der Waals surface area contributed by atoms with Crippen molar-refractivity contribution in [2.75, 3.05) is 18.6 Å². The lowest BCUT2D eigenvalue weighted by Crippen LogP contribution is -2.58. The van der Waals surface area contributed by atoms with Crippen LogP contribution in [0.2, 0.25) is 0 Å². The number of hydrogen-bond donors (Lipinski definition) is 6. The lowest BCUT2D eigenvalue weighted by Gasteiger charge is -2.26. The maximum atomic E-state index is 13.1. The minimum atomic E-state index is -1.14. The zero-order chi connectivity index (χ0) is 25.6. The first-order valence-corrected chi connectivity index (χ1v) is 13.0. The fourth-order valence-corrected chi connectivity index (χ4v) is 3.56. The number of nitrogens with one attached hydrogen (secondary N) is 3. The molecule has 0 aromatic rings. The van der Waals surface area contributed by atoms with E-state index in [1.807, 2.05) is 20.1 Å². The first-order valence-electron chi connectivity index (χ1n) is 11.6. The monoisotopic (exact) mass is 489 g/mol. The maximum absolute atomic E-state index is 13.1. The van der Waals surface area contributed by atoms with Crippen molar-refractivity contribution in [2.24, 2.45) is 23.3 Å². The number of rotatable bonds is 17. The maximum Gasteiger partial charge on any atom is 0.326 e. The first-order chi connectivity index (χ1) is 15.5. The third-order valence-corrected chi connectivity index (χ3v) is 6.26. The standard InChI is InChI=1S/C22H43N5O5S/c1-6-14(4)17(24)21(30)26-15(9-7-8-11-23)19(28)25-16(10-12-33-5)20(29)27-18(13(2)3)22(31)32/h13-18H,6-12,23-24H2,1-5H3,(H,25,28)(H,26,30)(H,27,29)(H,31,32). The molecule has 0 saturated carbocycles. The predicted molar refractivity (Wildman–Crippen MR) is 132 cm³/mol. The molecule has 5 atom stereocenters. The highest BCUT2D eigenvalue weighted by Gasteiger charge is 2.31. The summed E-state index contributed by atoms with van der Waals surface area (Å²) in [7, 11) is 0. The Morgan fingerprint density at radius 3 is 1.94 bits per heavy atom. The number of carboxylic acid groups (broad SMARTS) is 1. The van der Waals surface area contributed by atoms with Gasteiger partial charge in [-0.1, -0.05) is 34.1 Å². The van der Waals surface area contributed by atoms with Gasteiger partial charge in [-0.05, 0) is 56.1 Å². The molecule has 3 amide bonds. The third-order valence-electron chi connectivity index (χ3n) is 5.61. The van der Waals surface area contributed by atoms with Gasteiger partial charge in [-0.15, -0.1) is 0 Å². The highest BCUT2D eigenvalue weighted by molar-refractivity contribution is 7.98. The predicted octanol–water partition coefficient (Wildman–Crippen LogP) is 0.437. The van der Waals surface area contributed by atoms with Crippen molar-refractivity contribution < 1.29 is 24.3 Å². The third kappa shape index (κ3) is 11.7. The molecule has 0 rings (SSSR count). The summed E-state index contributed by atoms with van der Waals surface area (Å²) in [5, 5.41) is 17.3. The number of unbranched alkanes of at least 4 members (excludes halogenated alkanes) is 1. The molecule has 0 aromatic carbocycles. The zero-order valence-electron chi connectivity index (χ0n) is 20.6. The molecule has 5 unspecified atom stereocenters. The largest absolute Gasteiger partial charge is 0.480 e. The van der Waals surface area contributed by atoms with Gasteiger partial charge in [-0.3, -0.25) is 14.4 Å². The molecule has 0 aliphatic heterocycles. The first kappa shape index (κ1) is 31.1. The van der Waals surface area contributed by atoms with Gasteiger partial charge in [0.15, 0.2) is 0 Å². The average Bonchev–Trinajstić information content (AvgIpc) is 2.77. The van der Waals surface area contributed by atoms with Crippen LogP contribution in [0.4, 0.5) is 0 Å². The van der Waals surface area contributed by atoms with E-state index < -0.39 is 47.9 Å². The number of thioether (sulfide) groups is 1. The van der Waals surface area contributed by atoms with Crippen LogP contribution >= 0.6 is 11.8 Å². The van der Waals surface area contributed by atoms with Crippen molar-refractivity contribution in [3.8, 4) is 0 Å². The van der Waals surface area contributed by atoms with E-state index in [1.165, 1.54) is 11.8 Å². The van der Waals surface area contributed by atoms with Gasteiger partial charge in [-0.2, -0.15) is 11.8 Å². The Morgan fingerprint density at radius 1 is 0.909 bits per heavy atom. The summed E-state index contributed by atoms with van der Waals surface area (Å²) in [6.45, 7) is 7.64. The smallest absolute Gasteiger partial charge is 0.326 e. The van der Waals surface area contributed by atoms with Crippen LogP contribution < -0.4 is 27.4 Å². The van der Waals surface area contributed by atoms with Gasteiger partial charge in [0.1, 0.15) is 18.1 Å². The summed E-state index contributed by atoms with van der Waals surface area (Å²) in [4.78, 5) is 50.0. The van der Waals surface area contributed by atoms with Crippen molar-refractivity contribution in [2.45, 2.75) is 84.0 Å². The molecular weight excluding hydrogens is 446 g/mol. The minimum absolute atomic E-state index is 0.0538. The SMILES string of the molecule is CCC(C)C(N)C(=O)NC(CCCCN)C(=O)NC(CCSC)C(=O)NC(C(=O)O)C(C)C. The van der Waals surface area contributed by atoms with E-state index in [1.54, 1.807) is 13.8 Å². The van der Waals surface area contributed by atoms with Gasteiger partial charge in [0.25, 0.3) is 0 Å². The van der Waals surface area contributed by atoms with Gasteiger partial charge in [0.05, 0.1) is 6.04 Å². The van der Waals surface area contributed by atoms with Gasteiger partial charge >= 0.3 is 5.97 Å². The minimum Gasteiger partial charge on any atom is -0.480 e. The Bertz CT molecular complexity index is 634. The molecule has 10 nitrogen and oxygen atoms in total. The number of nitrogens with two attached hydrogens (primary N) is 2. The second-order valence-electron chi connectivity index (χ2n) is 8.67. The Kier molecular flexibility index (Phi) is 15.8. The van der Waals surface area contributed by atoms with E-state index in [0.29, 0.717) is 38.0 Å². The molecule has 0 aliphatic rings. The number of carbonyl (C=O) groups excluding carboxylic acids is 3. The molecule has 192 valence electrons. The van der Waals surface area contributed by atoms with Crippen molar-refractivity contribution in [1.82, 2.24) is 16.0 Å². The van der Waals surface area contributed by atoms with E-state index in [0.717, 1.165) is 6.42 Å². The van der Waals surface area contributed by atoms with Gasteiger partial charge in [-0.25, -0.2) is 4.79 Å². The van der Waals surface area contributed by atoms with Crippen LogP contribution in [0.3, 0.4) is 0 Å². The van der Waals surface area contributed by atoms with Crippen molar-refractivity contribution in [3.05, 3.63) is 0 Å². The molecule has 0 aliphatic carbocycles. The highest BCUT2D eigenvalue weighted by Crippen LogP contribution is 2.09. The number of hydrogen-bond acceptors (Lipinski definition) is 7. The van der Waals surface area contributed by atoms with Crippen LogP contribution in [0.25, 0.3) is 0 Å². The summed E-state index contributed by atoms with van der Waals surface area (Å²) < 4.78 is 0. The molecule has 0 spiro atoms. The Morgan fingerprint density at radius 2 is 1.45 bits per heavy atom. The van der Waals surface area contributed by atoms with Gasteiger partial charge in [0.2, 0.25) is 17.7 Å². The van der Waals surface area contributed by atoms with E-state index in [9.17, 15) is 24.3 Å². The van der Waals surface area contributed by atoms with Crippen molar-refractivity contribution >= 4 is 35.5 Å². The average molecular weight is 490 g/mol. The molecule has 8 N–H and O–H groups in total. The molecule has 0 fully saturated rings.